The zero-order valence-electron chi connectivity index (χ0n) is 12.0. The molecule has 1 rings (SSSR count). The van der Waals surface area contributed by atoms with Gasteiger partial charge in [-0.1, -0.05) is 27.7 Å². The molecule has 0 aromatic rings. The molecule has 0 aromatic carbocycles. The van der Waals surface area contributed by atoms with E-state index < -0.39 is 0 Å². The van der Waals surface area contributed by atoms with Crippen LogP contribution in [0.25, 0.3) is 0 Å². The predicted molar refractivity (Wildman–Crippen MR) is 71.9 cm³/mol. The fourth-order valence-electron chi connectivity index (χ4n) is 2.03. The Morgan fingerprint density at radius 3 is 2.59 bits per heavy atom. The number of hydrogen-bond acceptors (Lipinski definition) is 2. The first kappa shape index (κ1) is 14.5. The highest BCUT2D eigenvalue weighted by Gasteiger charge is 2.25. The van der Waals surface area contributed by atoms with E-state index in [0.29, 0.717) is 12.0 Å². The van der Waals surface area contributed by atoms with Gasteiger partial charge in [0.1, 0.15) is 0 Å². The van der Waals surface area contributed by atoms with Crippen LogP contribution in [0.5, 0.6) is 0 Å². The van der Waals surface area contributed by atoms with Crippen LogP contribution in [-0.2, 0) is 4.79 Å². The standard InChI is InChI=1S/C14H28N2O/c1-10(14(3,4)5)9-15-13(17)12-8-6-7-11(2)16-12/h10-12,16H,6-9H2,1-5H3,(H,15,17). The Morgan fingerprint density at radius 2 is 2.06 bits per heavy atom. The minimum atomic E-state index is 0.0194. The van der Waals surface area contributed by atoms with Crippen molar-refractivity contribution in [1.82, 2.24) is 10.6 Å². The minimum absolute atomic E-state index is 0.0194. The Bertz CT molecular complexity index is 257. The van der Waals surface area contributed by atoms with E-state index in [4.69, 9.17) is 0 Å². The first-order chi connectivity index (χ1) is 7.80. The van der Waals surface area contributed by atoms with Gasteiger partial charge >= 0.3 is 0 Å². The smallest absolute Gasteiger partial charge is 0.237 e. The van der Waals surface area contributed by atoms with E-state index in [1.807, 2.05) is 0 Å². The molecule has 1 aliphatic rings. The third kappa shape index (κ3) is 4.66. The van der Waals surface area contributed by atoms with Gasteiger partial charge in [-0.3, -0.25) is 4.79 Å². The molecule has 2 N–H and O–H groups in total. The molecule has 17 heavy (non-hydrogen) atoms. The molecule has 1 saturated heterocycles. The molecular formula is C14H28N2O. The lowest BCUT2D eigenvalue weighted by molar-refractivity contribution is -0.124. The van der Waals surface area contributed by atoms with E-state index in [-0.39, 0.29) is 17.4 Å². The first-order valence-corrected chi connectivity index (χ1v) is 6.84. The third-order valence-corrected chi connectivity index (χ3v) is 3.99. The molecule has 3 unspecified atom stereocenters. The van der Waals surface area contributed by atoms with Crippen LogP contribution < -0.4 is 10.6 Å². The molecule has 1 aliphatic heterocycles. The summed E-state index contributed by atoms with van der Waals surface area (Å²) in [7, 11) is 0. The number of rotatable bonds is 3. The monoisotopic (exact) mass is 240 g/mol. The maximum Gasteiger partial charge on any atom is 0.237 e. The molecule has 100 valence electrons. The predicted octanol–water partition coefficient (Wildman–Crippen LogP) is 2.32. The topological polar surface area (TPSA) is 41.1 Å². The van der Waals surface area contributed by atoms with E-state index in [2.05, 4.69) is 45.3 Å². The average molecular weight is 240 g/mol. The van der Waals surface area contributed by atoms with E-state index in [9.17, 15) is 4.79 Å². The lowest BCUT2D eigenvalue weighted by Gasteiger charge is -2.30. The van der Waals surface area contributed by atoms with Gasteiger partial charge in [-0.05, 0) is 37.5 Å². The van der Waals surface area contributed by atoms with Crippen LogP contribution in [0.3, 0.4) is 0 Å². The molecule has 3 nitrogen and oxygen atoms in total. The quantitative estimate of drug-likeness (QED) is 0.795. The van der Waals surface area contributed by atoms with Crippen molar-refractivity contribution < 1.29 is 4.79 Å². The number of piperidine rings is 1. The van der Waals surface area contributed by atoms with Crippen LogP contribution in [0.4, 0.5) is 0 Å². The summed E-state index contributed by atoms with van der Waals surface area (Å²) in [4.78, 5) is 12.0. The maximum absolute atomic E-state index is 12.0. The van der Waals surface area contributed by atoms with Crippen LogP contribution in [0.2, 0.25) is 0 Å². The first-order valence-electron chi connectivity index (χ1n) is 6.84. The molecule has 0 spiro atoms. The van der Waals surface area contributed by atoms with E-state index in [1.165, 1.54) is 6.42 Å². The summed E-state index contributed by atoms with van der Waals surface area (Å²) in [5, 5.41) is 6.44. The van der Waals surface area contributed by atoms with Gasteiger partial charge in [0.05, 0.1) is 6.04 Å². The molecule has 1 amide bonds. The van der Waals surface area contributed by atoms with E-state index in [0.717, 1.165) is 19.4 Å². The lowest BCUT2D eigenvalue weighted by atomic mass is 9.82. The zero-order valence-corrected chi connectivity index (χ0v) is 12.0. The Balaban J connectivity index is 2.34. The van der Waals surface area contributed by atoms with Crippen molar-refractivity contribution in [2.24, 2.45) is 11.3 Å². The van der Waals surface area contributed by atoms with Crippen molar-refractivity contribution in [2.45, 2.75) is 66.0 Å². The van der Waals surface area contributed by atoms with Gasteiger partial charge in [0.15, 0.2) is 0 Å². The van der Waals surface area contributed by atoms with Crippen molar-refractivity contribution >= 4 is 5.91 Å². The molecule has 0 bridgehead atoms. The highest BCUT2D eigenvalue weighted by molar-refractivity contribution is 5.81. The number of carbonyl (C=O) groups is 1. The van der Waals surface area contributed by atoms with Crippen LogP contribution >= 0.6 is 0 Å². The third-order valence-electron chi connectivity index (χ3n) is 3.99. The summed E-state index contributed by atoms with van der Waals surface area (Å²) in [6, 6.07) is 0.491. The van der Waals surface area contributed by atoms with Crippen molar-refractivity contribution in [2.75, 3.05) is 6.54 Å². The molecular weight excluding hydrogens is 212 g/mol. The van der Waals surface area contributed by atoms with Gasteiger partial charge in [0.25, 0.3) is 0 Å². The molecule has 3 heteroatoms. The Labute approximate surface area is 106 Å². The summed E-state index contributed by atoms with van der Waals surface area (Å²) in [6.07, 6.45) is 3.31. The summed E-state index contributed by atoms with van der Waals surface area (Å²) in [6.45, 7) is 11.8. The minimum Gasteiger partial charge on any atom is -0.354 e. The zero-order chi connectivity index (χ0) is 13.1. The van der Waals surface area contributed by atoms with Gasteiger partial charge in [-0.25, -0.2) is 0 Å². The average Bonchev–Trinajstić information content (AvgIpc) is 2.24. The summed E-state index contributed by atoms with van der Waals surface area (Å²) >= 11 is 0. The molecule has 3 atom stereocenters. The number of nitrogens with one attached hydrogen (secondary N) is 2. The van der Waals surface area contributed by atoms with Crippen molar-refractivity contribution in [1.29, 1.82) is 0 Å². The SMILES string of the molecule is CC1CCCC(C(=O)NCC(C)C(C)(C)C)N1. The Kier molecular flexibility index (Phi) is 4.99. The Morgan fingerprint density at radius 1 is 1.41 bits per heavy atom. The number of carbonyl (C=O) groups excluding carboxylic acids is 1. The van der Waals surface area contributed by atoms with Crippen molar-refractivity contribution in [3.8, 4) is 0 Å². The largest absolute Gasteiger partial charge is 0.354 e. The van der Waals surface area contributed by atoms with Gasteiger partial charge < -0.3 is 10.6 Å². The second-order valence-corrected chi connectivity index (χ2v) is 6.56. The van der Waals surface area contributed by atoms with E-state index >= 15 is 0 Å². The fourth-order valence-corrected chi connectivity index (χ4v) is 2.03. The highest BCUT2D eigenvalue weighted by atomic mass is 16.2. The maximum atomic E-state index is 12.0. The van der Waals surface area contributed by atoms with Crippen LogP contribution in [0.15, 0.2) is 0 Å². The lowest BCUT2D eigenvalue weighted by Crippen LogP contribution is -2.51. The van der Waals surface area contributed by atoms with Crippen LogP contribution in [-0.4, -0.2) is 24.5 Å². The van der Waals surface area contributed by atoms with Gasteiger partial charge in [-0.2, -0.15) is 0 Å². The van der Waals surface area contributed by atoms with Crippen molar-refractivity contribution in [3.05, 3.63) is 0 Å². The molecule has 0 radical (unpaired) electrons. The van der Waals surface area contributed by atoms with Crippen LogP contribution in [0, 0.1) is 11.3 Å². The van der Waals surface area contributed by atoms with Gasteiger partial charge in [0, 0.05) is 12.6 Å². The molecule has 0 aliphatic carbocycles. The van der Waals surface area contributed by atoms with Gasteiger partial charge in [-0.15, -0.1) is 0 Å². The van der Waals surface area contributed by atoms with Crippen molar-refractivity contribution in [3.63, 3.8) is 0 Å². The second kappa shape index (κ2) is 5.85. The highest BCUT2D eigenvalue weighted by Crippen LogP contribution is 2.24. The van der Waals surface area contributed by atoms with Gasteiger partial charge in [0.2, 0.25) is 5.91 Å². The summed E-state index contributed by atoms with van der Waals surface area (Å²) < 4.78 is 0. The Hall–Kier alpha value is -0.570. The fraction of sp³-hybridized carbons (Fsp3) is 0.929. The molecule has 0 saturated carbocycles. The normalized spacial score (nSPS) is 27.6. The second-order valence-electron chi connectivity index (χ2n) is 6.56. The summed E-state index contributed by atoms with van der Waals surface area (Å²) in [5.41, 5.74) is 0.251. The number of hydrogen-bond donors (Lipinski definition) is 2. The number of amides is 1. The molecule has 1 heterocycles. The van der Waals surface area contributed by atoms with Crippen LogP contribution in [0.1, 0.15) is 53.9 Å². The molecule has 1 fully saturated rings. The summed E-state index contributed by atoms with van der Waals surface area (Å²) in [5.74, 6) is 0.667. The van der Waals surface area contributed by atoms with E-state index in [1.54, 1.807) is 0 Å². The molecule has 0 aromatic heterocycles.